The molecule has 0 spiro atoms. The number of rotatable bonds is 6. The summed E-state index contributed by atoms with van der Waals surface area (Å²) in [5.41, 5.74) is -0.0784. The van der Waals surface area contributed by atoms with E-state index in [0.29, 0.717) is 37.5 Å². The number of hydrogen-bond donors (Lipinski definition) is 1. The van der Waals surface area contributed by atoms with E-state index >= 15 is 0 Å². The van der Waals surface area contributed by atoms with Gasteiger partial charge in [0.2, 0.25) is 17.6 Å². The number of amides is 1. The van der Waals surface area contributed by atoms with E-state index in [0.717, 1.165) is 11.3 Å². The fourth-order valence-corrected chi connectivity index (χ4v) is 3.21. The summed E-state index contributed by atoms with van der Waals surface area (Å²) < 4.78 is 10.4. The highest BCUT2D eigenvalue weighted by molar-refractivity contribution is 5.79. The number of carbonyl (C=O) groups excluding carboxylic acids is 1. The molecule has 1 saturated heterocycles. The predicted octanol–water partition coefficient (Wildman–Crippen LogP) is 2.39. The lowest BCUT2D eigenvalue weighted by Gasteiger charge is -2.37. The number of nitrogens with zero attached hydrogens (tertiary/aromatic N) is 3. The minimum absolute atomic E-state index is 0.0913. The van der Waals surface area contributed by atoms with Crippen LogP contribution >= 0.6 is 0 Å². The maximum absolute atomic E-state index is 12.5. The van der Waals surface area contributed by atoms with Crippen molar-refractivity contribution in [3.05, 3.63) is 30.2 Å². The number of aromatic nitrogens is 2. The molecule has 3 rings (SSSR count). The molecule has 1 fully saturated rings. The second kappa shape index (κ2) is 7.77. The molecule has 1 N–H and O–H groups in total. The molecule has 2 aromatic rings. The maximum Gasteiger partial charge on any atom is 0.311 e. The number of benzene rings is 1. The van der Waals surface area contributed by atoms with Gasteiger partial charge in [-0.05, 0) is 44.0 Å². The molecule has 1 aliphatic rings. The third-order valence-electron chi connectivity index (χ3n) is 4.93. The Balaban J connectivity index is 1.58. The molecular weight excluding hydrogens is 350 g/mol. The third kappa shape index (κ3) is 4.27. The van der Waals surface area contributed by atoms with Crippen molar-refractivity contribution < 1.29 is 24.0 Å². The topological polar surface area (TPSA) is 106 Å². The standard InChI is InChI=1S/C19H23N3O5/c1-19(18(24)25)10-3-11-22(12-19)16(23)9-8-15-20-17(21-27-15)13-4-6-14(26-2)7-5-13/h4-7H,3,8-12H2,1-2H3,(H,24,25). The van der Waals surface area contributed by atoms with E-state index in [4.69, 9.17) is 9.26 Å². The van der Waals surface area contributed by atoms with Crippen LogP contribution < -0.4 is 4.74 Å². The van der Waals surface area contributed by atoms with Crippen LogP contribution in [0.3, 0.4) is 0 Å². The van der Waals surface area contributed by atoms with Crippen molar-refractivity contribution in [1.29, 1.82) is 0 Å². The molecule has 1 atom stereocenters. The third-order valence-corrected chi connectivity index (χ3v) is 4.93. The van der Waals surface area contributed by atoms with Gasteiger partial charge in [-0.1, -0.05) is 5.16 Å². The van der Waals surface area contributed by atoms with Gasteiger partial charge in [0, 0.05) is 31.5 Å². The Bertz CT molecular complexity index is 817. The summed E-state index contributed by atoms with van der Waals surface area (Å²) in [6, 6.07) is 7.29. The summed E-state index contributed by atoms with van der Waals surface area (Å²) in [5, 5.41) is 13.3. The zero-order valence-electron chi connectivity index (χ0n) is 15.5. The Labute approximate surface area is 157 Å². The first-order valence-electron chi connectivity index (χ1n) is 8.89. The molecular formula is C19H23N3O5. The van der Waals surface area contributed by atoms with Crippen molar-refractivity contribution in [2.45, 2.75) is 32.6 Å². The highest BCUT2D eigenvalue weighted by atomic mass is 16.5. The number of ether oxygens (including phenoxy) is 1. The minimum Gasteiger partial charge on any atom is -0.497 e. The summed E-state index contributed by atoms with van der Waals surface area (Å²) in [6.45, 7) is 2.51. The van der Waals surface area contributed by atoms with Crippen molar-refractivity contribution >= 4 is 11.9 Å². The number of aliphatic carboxylic acids is 1. The lowest BCUT2D eigenvalue weighted by atomic mass is 9.82. The van der Waals surface area contributed by atoms with Crippen molar-refractivity contribution in [1.82, 2.24) is 15.0 Å². The zero-order chi connectivity index (χ0) is 19.4. The molecule has 1 aromatic carbocycles. The second-order valence-corrected chi connectivity index (χ2v) is 7.02. The molecule has 8 heteroatoms. The van der Waals surface area contributed by atoms with Crippen LogP contribution in [0.5, 0.6) is 5.75 Å². The average Bonchev–Trinajstić information content (AvgIpc) is 3.15. The van der Waals surface area contributed by atoms with Crippen LogP contribution in [0.2, 0.25) is 0 Å². The predicted molar refractivity (Wildman–Crippen MR) is 96.2 cm³/mol. The van der Waals surface area contributed by atoms with Gasteiger partial charge >= 0.3 is 5.97 Å². The van der Waals surface area contributed by atoms with Crippen LogP contribution in [-0.4, -0.2) is 52.2 Å². The number of methoxy groups -OCH3 is 1. The number of carbonyl (C=O) groups is 2. The number of carboxylic acid groups (broad SMARTS) is 1. The number of likely N-dealkylation sites (tertiary alicyclic amines) is 1. The summed E-state index contributed by atoms with van der Waals surface area (Å²) in [6.07, 6.45) is 1.81. The fourth-order valence-electron chi connectivity index (χ4n) is 3.21. The van der Waals surface area contributed by atoms with Gasteiger partial charge < -0.3 is 19.3 Å². The molecule has 8 nitrogen and oxygen atoms in total. The lowest BCUT2D eigenvalue weighted by molar-refractivity contribution is -0.153. The van der Waals surface area contributed by atoms with Gasteiger partial charge in [-0.2, -0.15) is 4.98 Å². The Kier molecular flexibility index (Phi) is 5.43. The molecule has 1 amide bonds. The number of aryl methyl sites for hydroxylation is 1. The van der Waals surface area contributed by atoms with Crippen molar-refractivity contribution in [2.24, 2.45) is 5.41 Å². The van der Waals surface area contributed by atoms with E-state index < -0.39 is 11.4 Å². The van der Waals surface area contributed by atoms with Gasteiger partial charge in [-0.15, -0.1) is 0 Å². The maximum atomic E-state index is 12.5. The van der Waals surface area contributed by atoms with Gasteiger partial charge in [0.05, 0.1) is 12.5 Å². The van der Waals surface area contributed by atoms with Crippen LogP contribution in [0, 0.1) is 5.41 Å². The summed E-state index contributed by atoms with van der Waals surface area (Å²) in [7, 11) is 1.60. The molecule has 0 aliphatic carbocycles. The highest BCUT2D eigenvalue weighted by Crippen LogP contribution is 2.30. The molecule has 1 aliphatic heterocycles. The van der Waals surface area contributed by atoms with E-state index in [9.17, 15) is 14.7 Å². The first-order valence-corrected chi connectivity index (χ1v) is 8.89. The van der Waals surface area contributed by atoms with E-state index in [1.807, 2.05) is 24.3 Å². The average molecular weight is 373 g/mol. The van der Waals surface area contributed by atoms with Gasteiger partial charge in [0.1, 0.15) is 5.75 Å². The van der Waals surface area contributed by atoms with E-state index in [-0.39, 0.29) is 18.9 Å². The quantitative estimate of drug-likeness (QED) is 0.828. The Morgan fingerprint density at radius 3 is 2.74 bits per heavy atom. The van der Waals surface area contributed by atoms with Crippen molar-refractivity contribution in [2.75, 3.05) is 20.2 Å². The zero-order valence-corrected chi connectivity index (χ0v) is 15.5. The van der Waals surface area contributed by atoms with Gasteiger partial charge in [-0.25, -0.2) is 0 Å². The molecule has 144 valence electrons. The molecule has 0 bridgehead atoms. The van der Waals surface area contributed by atoms with Crippen LogP contribution in [0.15, 0.2) is 28.8 Å². The van der Waals surface area contributed by atoms with Crippen LogP contribution in [0.25, 0.3) is 11.4 Å². The Morgan fingerprint density at radius 1 is 1.33 bits per heavy atom. The van der Waals surface area contributed by atoms with Gasteiger partial charge in [-0.3, -0.25) is 9.59 Å². The fraction of sp³-hybridized carbons (Fsp3) is 0.474. The first kappa shape index (κ1) is 18.9. The molecule has 1 unspecified atom stereocenters. The SMILES string of the molecule is COc1ccc(-c2noc(CCC(=O)N3CCCC(C)(C(=O)O)C3)n2)cc1. The van der Waals surface area contributed by atoms with Crippen LogP contribution in [0.4, 0.5) is 0 Å². The lowest BCUT2D eigenvalue weighted by Crippen LogP contribution is -2.48. The largest absolute Gasteiger partial charge is 0.497 e. The van der Waals surface area contributed by atoms with E-state index in [1.165, 1.54) is 0 Å². The summed E-state index contributed by atoms with van der Waals surface area (Å²) in [4.78, 5) is 29.8. The normalized spacial score (nSPS) is 19.7. The number of hydrogen-bond acceptors (Lipinski definition) is 6. The second-order valence-electron chi connectivity index (χ2n) is 7.02. The minimum atomic E-state index is -0.875. The number of carboxylic acids is 1. The van der Waals surface area contributed by atoms with Gasteiger partial charge in [0.15, 0.2) is 0 Å². The van der Waals surface area contributed by atoms with E-state index in [1.54, 1.807) is 18.9 Å². The smallest absolute Gasteiger partial charge is 0.311 e. The molecule has 1 aromatic heterocycles. The Morgan fingerprint density at radius 2 is 2.07 bits per heavy atom. The molecule has 27 heavy (non-hydrogen) atoms. The van der Waals surface area contributed by atoms with E-state index in [2.05, 4.69) is 10.1 Å². The van der Waals surface area contributed by atoms with Crippen molar-refractivity contribution in [3.63, 3.8) is 0 Å². The molecule has 0 saturated carbocycles. The first-order chi connectivity index (χ1) is 12.9. The summed E-state index contributed by atoms with van der Waals surface area (Å²) >= 11 is 0. The molecule has 2 heterocycles. The summed E-state index contributed by atoms with van der Waals surface area (Å²) in [5.74, 6) is 0.624. The Hall–Kier alpha value is -2.90. The monoisotopic (exact) mass is 373 g/mol. The van der Waals surface area contributed by atoms with Crippen LogP contribution in [0.1, 0.15) is 32.1 Å². The highest BCUT2D eigenvalue weighted by Gasteiger charge is 2.39. The van der Waals surface area contributed by atoms with Crippen LogP contribution in [-0.2, 0) is 16.0 Å². The number of piperidine rings is 1. The van der Waals surface area contributed by atoms with Crippen molar-refractivity contribution in [3.8, 4) is 17.1 Å². The molecule has 0 radical (unpaired) electrons. The van der Waals surface area contributed by atoms with Gasteiger partial charge in [0.25, 0.3) is 0 Å².